The van der Waals surface area contributed by atoms with Crippen LogP contribution in [-0.4, -0.2) is 31.5 Å². The molecule has 1 aromatic heterocycles. The molecule has 3 aromatic rings. The number of hydrogen-bond donors (Lipinski definition) is 2. The highest BCUT2D eigenvalue weighted by atomic mass is 79.9. The van der Waals surface area contributed by atoms with Crippen molar-refractivity contribution in [3.05, 3.63) is 51.5 Å². The van der Waals surface area contributed by atoms with Gasteiger partial charge in [-0.25, -0.2) is 0 Å². The standard InChI is InChI=1S/C21H23BrN4O2S/c1-5-26-20(16-10-15(22)6-7-17(16)27)24-25-21(26)29-11-18(28)23-19-13(3)8-12(2)9-14(19)4/h6-10,27H,5,11H2,1-4H3,(H,23,28). The molecule has 0 aliphatic rings. The van der Waals surface area contributed by atoms with E-state index < -0.39 is 0 Å². The van der Waals surface area contributed by atoms with Crippen LogP contribution in [0.5, 0.6) is 5.75 Å². The minimum atomic E-state index is -0.0949. The van der Waals surface area contributed by atoms with Crippen molar-refractivity contribution in [3.63, 3.8) is 0 Å². The predicted octanol–water partition coefficient (Wildman–Crippen LogP) is 5.09. The fourth-order valence-electron chi connectivity index (χ4n) is 3.25. The first-order chi connectivity index (χ1) is 13.8. The summed E-state index contributed by atoms with van der Waals surface area (Å²) in [5.41, 5.74) is 4.72. The smallest absolute Gasteiger partial charge is 0.234 e. The van der Waals surface area contributed by atoms with Crippen molar-refractivity contribution in [2.24, 2.45) is 0 Å². The summed E-state index contributed by atoms with van der Waals surface area (Å²) in [6.45, 7) is 8.62. The molecule has 8 heteroatoms. The fraction of sp³-hybridized carbons (Fsp3) is 0.286. The number of benzene rings is 2. The third-order valence-electron chi connectivity index (χ3n) is 4.51. The highest BCUT2D eigenvalue weighted by Gasteiger charge is 2.18. The van der Waals surface area contributed by atoms with E-state index in [0.717, 1.165) is 21.3 Å². The number of anilines is 1. The number of thioether (sulfide) groups is 1. The molecule has 1 heterocycles. The molecule has 0 spiro atoms. The molecule has 6 nitrogen and oxygen atoms in total. The van der Waals surface area contributed by atoms with Gasteiger partial charge in [-0.05, 0) is 57.0 Å². The molecule has 2 N–H and O–H groups in total. The number of aromatic nitrogens is 3. The zero-order valence-corrected chi connectivity index (χ0v) is 19.2. The third kappa shape index (κ3) is 4.82. The second-order valence-electron chi connectivity index (χ2n) is 6.82. The summed E-state index contributed by atoms with van der Waals surface area (Å²) in [7, 11) is 0. The Hall–Kier alpha value is -2.32. The van der Waals surface area contributed by atoms with E-state index in [9.17, 15) is 9.90 Å². The number of phenols is 1. The van der Waals surface area contributed by atoms with E-state index in [1.54, 1.807) is 18.2 Å². The van der Waals surface area contributed by atoms with Crippen molar-refractivity contribution in [2.75, 3.05) is 11.1 Å². The maximum Gasteiger partial charge on any atom is 0.234 e. The number of aryl methyl sites for hydroxylation is 3. The Morgan fingerprint density at radius 3 is 2.52 bits per heavy atom. The topological polar surface area (TPSA) is 80.0 Å². The van der Waals surface area contributed by atoms with Gasteiger partial charge in [0.25, 0.3) is 0 Å². The maximum absolute atomic E-state index is 12.5. The number of nitrogens with zero attached hydrogens (tertiary/aromatic N) is 3. The molecule has 0 saturated carbocycles. The lowest BCUT2D eigenvalue weighted by molar-refractivity contribution is -0.113. The van der Waals surface area contributed by atoms with E-state index in [2.05, 4.69) is 43.6 Å². The van der Waals surface area contributed by atoms with Gasteiger partial charge >= 0.3 is 0 Å². The number of nitrogens with one attached hydrogen (secondary N) is 1. The zero-order valence-electron chi connectivity index (χ0n) is 16.8. The van der Waals surface area contributed by atoms with Crippen molar-refractivity contribution in [1.29, 1.82) is 0 Å². The van der Waals surface area contributed by atoms with E-state index >= 15 is 0 Å². The summed E-state index contributed by atoms with van der Waals surface area (Å²) in [6, 6.07) is 9.29. The molecule has 0 aliphatic carbocycles. The van der Waals surface area contributed by atoms with Crippen LogP contribution in [0.2, 0.25) is 0 Å². The Bertz CT molecular complexity index is 1040. The summed E-state index contributed by atoms with van der Waals surface area (Å²) in [5.74, 6) is 0.826. The molecule has 3 rings (SSSR count). The molecule has 152 valence electrons. The van der Waals surface area contributed by atoms with Crippen LogP contribution >= 0.6 is 27.7 Å². The Morgan fingerprint density at radius 2 is 1.86 bits per heavy atom. The maximum atomic E-state index is 12.5. The quantitative estimate of drug-likeness (QED) is 0.486. The number of carbonyl (C=O) groups is 1. The van der Waals surface area contributed by atoms with Crippen LogP contribution in [0.1, 0.15) is 23.6 Å². The average molecular weight is 475 g/mol. The summed E-state index contributed by atoms with van der Waals surface area (Å²) >= 11 is 4.74. The van der Waals surface area contributed by atoms with Crippen LogP contribution in [0.15, 0.2) is 40.0 Å². The number of phenolic OH excluding ortho intramolecular Hbond substituents is 1. The van der Waals surface area contributed by atoms with E-state index in [4.69, 9.17) is 0 Å². The summed E-state index contributed by atoms with van der Waals surface area (Å²) in [6.07, 6.45) is 0. The van der Waals surface area contributed by atoms with Crippen LogP contribution in [0.3, 0.4) is 0 Å². The van der Waals surface area contributed by atoms with Gasteiger partial charge in [0, 0.05) is 16.7 Å². The van der Waals surface area contributed by atoms with Gasteiger partial charge in [0.2, 0.25) is 5.91 Å². The average Bonchev–Trinajstić information content (AvgIpc) is 3.07. The van der Waals surface area contributed by atoms with Gasteiger partial charge in [-0.1, -0.05) is 45.4 Å². The molecule has 0 radical (unpaired) electrons. The van der Waals surface area contributed by atoms with E-state index in [-0.39, 0.29) is 17.4 Å². The minimum Gasteiger partial charge on any atom is -0.507 e. The van der Waals surface area contributed by atoms with Gasteiger partial charge in [0.15, 0.2) is 11.0 Å². The number of rotatable bonds is 6. The van der Waals surface area contributed by atoms with Crippen LogP contribution in [-0.2, 0) is 11.3 Å². The van der Waals surface area contributed by atoms with Crippen molar-refractivity contribution < 1.29 is 9.90 Å². The summed E-state index contributed by atoms with van der Waals surface area (Å²) < 4.78 is 2.73. The monoisotopic (exact) mass is 474 g/mol. The van der Waals surface area contributed by atoms with Gasteiger partial charge < -0.3 is 15.0 Å². The zero-order chi connectivity index (χ0) is 21.1. The number of carbonyl (C=O) groups excluding carboxylic acids is 1. The van der Waals surface area contributed by atoms with E-state index in [1.165, 1.54) is 17.3 Å². The molecule has 0 atom stereocenters. The predicted molar refractivity (Wildman–Crippen MR) is 121 cm³/mol. The van der Waals surface area contributed by atoms with Gasteiger partial charge in [-0.3, -0.25) is 4.79 Å². The highest BCUT2D eigenvalue weighted by Crippen LogP contribution is 2.32. The van der Waals surface area contributed by atoms with Crippen LogP contribution in [0.4, 0.5) is 5.69 Å². The lowest BCUT2D eigenvalue weighted by Gasteiger charge is -2.13. The number of hydrogen-bond acceptors (Lipinski definition) is 5. The first-order valence-electron chi connectivity index (χ1n) is 9.22. The van der Waals surface area contributed by atoms with Crippen LogP contribution in [0, 0.1) is 20.8 Å². The largest absolute Gasteiger partial charge is 0.507 e. The molecule has 1 amide bonds. The molecule has 0 unspecified atom stereocenters. The first-order valence-corrected chi connectivity index (χ1v) is 11.0. The fourth-order valence-corrected chi connectivity index (χ4v) is 4.41. The minimum absolute atomic E-state index is 0.0949. The Morgan fingerprint density at radius 1 is 1.17 bits per heavy atom. The number of amides is 1. The summed E-state index contributed by atoms with van der Waals surface area (Å²) in [4.78, 5) is 12.5. The number of aromatic hydroxyl groups is 1. The molecule has 0 saturated heterocycles. The van der Waals surface area contributed by atoms with E-state index in [0.29, 0.717) is 23.1 Å². The van der Waals surface area contributed by atoms with Gasteiger partial charge in [0.1, 0.15) is 5.75 Å². The Balaban J connectivity index is 1.75. The first kappa shape index (κ1) is 21.4. The Labute approximate surface area is 182 Å². The molecular weight excluding hydrogens is 452 g/mol. The SMILES string of the molecule is CCn1c(SCC(=O)Nc2c(C)cc(C)cc2C)nnc1-c1cc(Br)ccc1O. The van der Waals surface area contributed by atoms with Crippen molar-refractivity contribution >= 4 is 39.3 Å². The number of halogens is 1. The van der Waals surface area contributed by atoms with E-state index in [1.807, 2.05) is 32.3 Å². The lowest BCUT2D eigenvalue weighted by Crippen LogP contribution is -2.16. The van der Waals surface area contributed by atoms with Crippen molar-refractivity contribution in [2.45, 2.75) is 39.4 Å². The van der Waals surface area contributed by atoms with Gasteiger partial charge in [-0.2, -0.15) is 0 Å². The highest BCUT2D eigenvalue weighted by molar-refractivity contribution is 9.10. The van der Waals surface area contributed by atoms with Crippen molar-refractivity contribution in [1.82, 2.24) is 14.8 Å². The molecule has 29 heavy (non-hydrogen) atoms. The van der Waals surface area contributed by atoms with Crippen LogP contribution in [0.25, 0.3) is 11.4 Å². The second kappa shape index (κ2) is 9.00. The van der Waals surface area contributed by atoms with Gasteiger partial charge in [0.05, 0.1) is 11.3 Å². The molecule has 0 fully saturated rings. The van der Waals surface area contributed by atoms with Crippen LogP contribution < -0.4 is 5.32 Å². The van der Waals surface area contributed by atoms with Crippen molar-refractivity contribution in [3.8, 4) is 17.1 Å². The molecule has 0 bridgehead atoms. The molecular formula is C21H23BrN4O2S. The lowest BCUT2D eigenvalue weighted by atomic mass is 10.1. The Kier molecular flexibility index (Phi) is 6.64. The molecule has 2 aromatic carbocycles. The summed E-state index contributed by atoms with van der Waals surface area (Å²) in [5, 5.41) is 22.3. The molecule has 0 aliphatic heterocycles. The van der Waals surface area contributed by atoms with Gasteiger partial charge in [-0.15, -0.1) is 10.2 Å². The normalized spacial score (nSPS) is 10.9. The third-order valence-corrected chi connectivity index (χ3v) is 5.97. The second-order valence-corrected chi connectivity index (χ2v) is 8.68.